The van der Waals surface area contributed by atoms with Gasteiger partial charge in [0.2, 0.25) is 17.7 Å². The fourth-order valence-electron chi connectivity index (χ4n) is 5.17. The normalized spacial score (nSPS) is 24.4. The molecule has 166 valence electrons. The van der Waals surface area contributed by atoms with Crippen LogP contribution in [-0.4, -0.2) is 35.2 Å². The first kappa shape index (κ1) is 22.6. The van der Waals surface area contributed by atoms with E-state index in [1.165, 1.54) is 4.90 Å². The number of carbonyl (C=O) groups excluding carboxylic acids is 3. The summed E-state index contributed by atoms with van der Waals surface area (Å²) < 4.78 is 0.819. The summed E-state index contributed by atoms with van der Waals surface area (Å²) in [5, 5.41) is 3.53. The summed E-state index contributed by atoms with van der Waals surface area (Å²) in [6, 6.07) is 12.1. The van der Waals surface area contributed by atoms with Gasteiger partial charge in [-0.3, -0.25) is 14.4 Å². The molecule has 2 aromatic rings. The standard InChI is InChI=1S/C24H23BrClN3O3/c1-3-13(2)22-24(17-8-7-15(25)10-19(17)28-23(24)32)18(14-5-4-6-16(26)9-14)11-21(31)29(22)12-20(27)30/h4-10,18,22H,2-3,11-12H2,1H3,(H2,27,30)(H,28,32)/t18-,22+,24-/m1/s1. The Kier molecular flexibility index (Phi) is 5.90. The minimum Gasteiger partial charge on any atom is -0.368 e. The summed E-state index contributed by atoms with van der Waals surface area (Å²) in [7, 11) is 0. The van der Waals surface area contributed by atoms with Crippen LogP contribution in [-0.2, 0) is 19.8 Å². The fourth-order valence-corrected chi connectivity index (χ4v) is 5.73. The van der Waals surface area contributed by atoms with Crippen LogP contribution in [0.15, 0.2) is 59.1 Å². The summed E-state index contributed by atoms with van der Waals surface area (Å²) >= 11 is 9.76. The number of halogens is 2. The predicted molar refractivity (Wildman–Crippen MR) is 127 cm³/mol. The number of anilines is 1. The molecule has 1 fully saturated rings. The second-order valence-corrected chi connectivity index (χ2v) is 9.58. The highest BCUT2D eigenvalue weighted by atomic mass is 79.9. The maximum atomic E-state index is 13.9. The average Bonchev–Trinajstić information content (AvgIpc) is 3.01. The Hall–Kier alpha value is -2.64. The molecule has 2 aromatic carbocycles. The van der Waals surface area contributed by atoms with Crippen LogP contribution in [0, 0.1) is 0 Å². The van der Waals surface area contributed by atoms with Crippen LogP contribution in [0.5, 0.6) is 0 Å². The van der Waals surface area contributed by atoms with Gasteiger partial charge in [0.1, 0.15) is 5.41 Å². The van der Waals surface area contributed by atoms with E-state index in [0.29, 0.717) is 22.7 Å². The van der Waals surface area contributed by atoms with Crippen molar-refractivity contribution in [2.45, 2.75) is 37.1 Å². The van der Waals surface area contributed by atoms with Crippen LogP contribution >= 0.6 is 27.5 Å². The first-order valence-electron chi connectivity index (χ1n) is 10.3. The number of hydrogen-bond donors (Lipinski definition) is 2. The number of nitrogens with two attached hydrogens (primary N) is 1. The number of benzene rings is 2. The van der Waals surface area contributed by atoms with Crippen molar-refractivity contribution in [3.05, 3.63) is 75.2 Å². The van der Waals surface area contributed by atoms with Crippen LogP contribution in [0.2, 0.25) is 5.02 Å². The lowest BCUT2D eigenvalue weighted by Crippen LogP contribution is -2.64. The van der Waals surface area contributed by atoms with E-state index >= 15 is 0 Å². The van der Waals surface area contributed by atoms with Gasteiger partial charge in [0.25, 0.3) is 0 Å². The van der Waals surface area contributed by atoms with Gasteiger partial charge >= 0.3 is 0 Å². The Labute approximate surface area is 199 Å². The van der Waals surface area contributed by atoms with E-state index in [9.17, 15) is 14.4 Å². The summed E-state index contributed by atoms with van der Waals surface area (Å²) in [6.45, 7) is 5.85. The van der Waals surface area contributed by atoms with Crippen molar-refractivity contribution >= 4 is 50.9 Å². The molecule has 3 atom stereocenters. The molecular formula is C24H23BrClN3O3. The minimum atomic E-state index is -1.18. The molecule has 0 saturated carbocycles. The maximum Gasteiger partial charge on any atom is 0.238 e. The largest absolute Gasteiger partial charge is 0.368 e. The maximum absolute atomic E-state index is 13.9. The molecule has 0 bridgehead atoms. The number of carbonyl (C=O) groups is 3. The zero-order valence-corrected chi connectivity index (χ0v) is 19.9. The second kappa shape index (κ2) is 8.37. The Morgan fingerprint density at radius 1 is 1.31 bits per heavy atom. The van der Waals surface area contributed by atoms with Crippen molar-refractivity contribution in [2.24, 2.45) is 5.73 Å². The molecule has 3 N–H and O–H groups in total. The highest BCUT2D eigenvalue weighted by molar-refractivity contribution is 9.10. The quantitative estimate of drug-likeness (QED) is 0.585. The van der Waals surface area contributed by atoms with Gasteiger partial charge in [-0.1, -0.05) is 64.8 Å². The third-order valence-electron chi connectivity index (χ3n) is 6.46. The molecule has 0 radical (unpaired) electrons. The second-order valence-electron chi connectivity index (χ2n) is 8.23. The summed E-state index contributed by atoms with van der Waals surface area (Å²) in [5.41, 5.74) is 7.21. The van der Waals surface area contributed by atoms with Crippen LogP contribution in [0.1, 0.15) is 36.8 Å². The lowest BCUT2D eigenvalue weighted by Gasteiger charge is -2.51. The third-order valence-corrected chi connectivity index (χ3v) is 7.19. The van der Waals surface area contributed by atoms with Crippen LogP contribution in [0.25, 0.3) is 0 Å². The summed E-state index contributed by atoms with van der Waals surface area (Å²) in [4.78, 5) is 40.6. The lowest BCUT2D eigenvalue weighted by molar-refractivity contribution is -0.146. The highest BCUT2D eigenvalue weighted by Gasteiger charge is 2.63. The number of rotatable bonds is 5. The molecule has 2 aliphatic rings. The predicted octanol–water partition coefficient (Wildman–Crippen LogP) is 4.13. The van der Waals surface area contributed by atoms with Gasteiger partial charge in [-0.2, -0.15) is 0 Å². The van der Waals surface area contributed by atoms with Gasteiger partial charge in [0, 0.05) is 27.5 Å². The van der Waals surface area contributed by atoms with Crippen molar-refractivity contribution in [1.29, 1.82) is 0 Å². The molecule has 1 saturated heterocycles. The number of piperidine rings is 1. The topological polar surface area (TPSA) is 92.5 Å². The zero-order chi connectivity index (χ0) is 23.2. The van der Waals surface area contributed by atoms with Crippen molar-refractivity contribution in [2.75, 3.05) is 11.9 Å². The van der Waals surface area contributed by atoms with E-state index in [0.717, 1.165) is 15.6 Å². The van der Waals surface area contributed by atoms with E-state index in [-0.39, 0.29) is 24.8 Å². The number of primary amides is 1. The van der Waals surface area contributed by atoms with Crippen molar-refractivity contribution in [3.63, 3.8) is 0 Å². The molecule has 0 aromatic heterocycles. The molecular weight excluding hydrogens is 494 g/mol. The van der Waals surface area contributed by atoms with E-state index < -0.39 is 23.3 Å². The Bertz CT molecular complexity index is 1150. The molecule has 32 heavy (non-hydrogen) atoms. The van der Waals surface area contributed by atoms with Gasteiger partial charge in [0.15, 0.2) is 0 Å². The van der Waals surface area contributed by atoms with Gasteiger partial charge < -0.3 is 16.0 Å². The van der Waals surface area contributed by atoms with Crippen molar-refractivity contribution < 1.29 is 14.4 Å². The molecule has 1 spiro atoms. The van der Waals surface area contributed by atoms with E-state index in [2.05, 4.69) is 27.8 Å². The number of hydrogen-bond acceptors (Lipinski definition) is 3. The van der Waals surface area contributed by atoms with E-state index in [1.807, 2.05) is 37.3 Å². The number of nitrogens with one attached hydrogen (secondary N) is 1. The fraction of sp³-hybridized carbons (Fsp3) is 0.292. The first-order chi connectivity index (χ1) is 15.2. The molecule has 0 aliphatic carbocycles. The summed E-state index contributed by atoms with van der Waals surface area (Å²) in [6.07, 6.45) is 0.556. The number of fused-ring (bicyclic) bond motifs is 2. The van der Waals surface area contributed by atoms with Gasteiger partial charge in [-0.25, -0.2) is 0 Å². The smallest absolute Gasteiger partial charge is 0.238 e. The first-order valence-corrected chi connectivity index (χ1v) is 11.5. The minimum absolute atomic E-state index is 0.0318. The Balaban J connectivity index is 2.04. The molecule has 2 aliphatic heterocycles. The summed E-state index contributed by atoms with van der Waals surface area (Å²) in [5.74, 6) is -1.64. The SMILES string of the molecule is C=C(CC)[C@@H]1N(CC(N)=O)C(=O)C[C@H](c2cccc(Cl)c2)[C@@]12C(=O)Nc1cc(Br)ccc12. The van der Waals surface area contributed by atoms with E-state index in [1.54, 1.807) is 12.1 Å². The average molecular weight is 517 g/mol. The molecule has 0 unspecified atom stereocenters. The molecule has 4 rings (SSSR count). The highest BCUT2D eigenvalue weighted by Crippen LogP contribution is 2.56. The van der Waals surface area contributed by atoms with E-state index in [4.69, 9.17) is 17.3 Å². The molecule has 6 nitrogen and oxygen atoms in total. The molecule has 8 heteroatoms. The number of amides is 3. The monoisotopic (exact) mass is 515 g/mol. The van der Waals surface area contributed by atoms with Crippen LogP contribution in [0.4, 0.5) is 5.69 Å². The van der Waals surface area contributed by atoms with Crippen LogP contribution < -0.4 is 11.1 Å². The third kappa shape index (κ3) is 3.44. The molecule has 2 heterocycles. The lowest BCUT2D eigenvalue weighted by atomic mass is 9.58. The van der Waals surface area contributed by atoms with Crippen molar-refractivity contribution in [1.82, 2.24) is 4.90 Å². The zero-order valence-electron chi connectivity index (χ0n) is 17.5. The Morgan fingerprint density at radius 3 is 2.72 bits per heavy atom. The van der Waals surface area contributed by atoms with Crippen LogP contribution in [0.3, 0.4) is 0 Å². The number of nitrogens with zero attached hydrogens (tertiary/aromatic N) is 1. The van der Waals surface area contributed by atoms with Gasteiger partial charge in [0.05, 0.1) is 12.6 Å². The molecule has 3 amide bonds. The number of likely N-dealkylation sites (tertiary alicyclic amines) is 1. The van der Waals surface area contributed by atoms with Gasteiger partial charge in [-0.15, -0.1) is 0 Å². The van der Waals surface area contributed by atoms with Gasteiger partial charge in [-0.05, 0) is 41.8 Å². The Morgan fingerprint density at radius 2 is 2.06 bits per heavy atom. The van der Waals surface area contributed by atoms with Crippen molar-refractivity contribution in [3.8, 4) is 0 Å².